The Kier molecular flexibility index (Phi) is 4.57. The Bertz CT molecular complexity index is 588. The van der Waals surface area contributed by atoms with Gasteiger partial charge in [-0.3, -0.25) is 4.79 Å². The van der Waals surface area contributed by atoms with Crippen LogP contribution in [0.4, 0.5) is 4.39 Å². The van der Waals surface area contributed by atoms with E-state index in [0.717, 1.165) is 19.3 Å². The SMILES string of the molecule is COc1ccc(F)cc1C(=O)N1CCC[C@](CO)(CC2CC2)C1. The van der Waals surface area contributed by atoms with Gasteiger partial charge in [0, 0.05) is 18.5 Å². The van der Waals surface area contributed by atoms with Crippen molar-refractivity contribution in [2.24, 2.45) is 11.3 Å². The Balaban J connectivity index is 1.80. The van der Waals surface area contributed by atoms with Crippen LogP contribution in [0.1, 0.15) is 42.5 Å². The molecule has 0 bridgehead atoms. The van der Waals surface area contributed by atoms with Crippen LogP contribution < -0.4 is 4.74 Å². The minimum atomic E-state index is -0.447. The molecular formula is C18H24FNO3. The molecule has 1 saturated heterocycles. The van der Waals surface area contributed by atoms with Gasteiger partial charge in [-0.05, 0) is 43.4 Å². The fourth-order valence-electron chi connectivity index (χ4n) is 3.69. The van der Waals surface area contributed by atoms with Gasteiger partial charge < -0.3 is 14.7 Å². The molecule has 0 spiro atoms. The molecule has 1 N–H and O–H groups in total. The monoisotopic (exact) mass is 321 g/mol. The van der Waals surface area contributed by atoms with E-state index in [1.807, 2.05) is 0 Å². The lowest BCUT2D eigenvalue weighted by atomic mass is 9.76. The van der Waals surface area contributed by atoms with Gasteiger partial charge in [0.05, 0.1) is 19.3 Å². The fourth-order valence-corrected chi connectivity index (χ4v) is 3.69. The number of rotatable bonds is 5. The van der Waals surface area contributed by atoms with Crippen molar-refractivity contribution < 1.29 is 19.0 Å². The summed E-state index contributed by atoms with van der Waals surface area (Å²) in [5, 5.41) is 9.91. The summed E-state index contributed by atoms with van der Waals surface area (Å²) in [5.74, 6) is 0.423. The van der Waals surface area contributed by atoms with Crippen LogP contribution >= 0.6 is 0 Å². The molecule has 1 aromatic rings. The van der Waals surface area contributed by atoms with Gasteiger partial charge >= 0.3 is 0 Å². The molecule has 1 amide bonds. The van der Waals surface area contributed by atoms with Gasteiger partial charge in [0.1, 0.15) is 11.6 Å². The van der Waals surface area contributed by atoms with E-state index in [1.54, 1.807) is 4.90 Å². The highest BCUT2D eigenvalue weighted by atomic mass is 19.1. The average Bonchev–Trinajstić information content (AvgIpc) is 3.38. The van der Waals surface area contributed by atoms with E-state index in [2.05, 4.69) is 0 Å². The van der Waals surface area contributed by atoms with E-state index in [0.29, 0.717) is 24.8 Å². The maximum atomic E-state index is 13.5. The molecule has 1 saturated carbocycles. The van der Waals surface area contributed by atoms with Crippen molar-refractivity contribution in [2.45, 2.75) is 32.1 Å². The normalized spacial score (nSPS) is 24.6. The molecule has 1 atom stereocenters. The quantitative estimate of drug-likeness (QED) is 0.907. The third kappa shape index (κ3) is 3.50. The predicted octanol–water partition coefficient (Wildman–Crippen LogP) is 2.85. The van der Waals surface area contributed by atoms with E-state index in [1.165, 1.54) is 38.2 Å². The van der Waals surface area contributed by atoms with E-state index in [9.17, 15) is 14.3 Å². The van der Waals surface area contributed by atoms with Crippen molar-refractivity contribution in [2.75, 3.05) is 26.8 Å². The smallest absolute Gasteiger partial charge is 0.257 e. The molecule has 1 aliphatic carbocycles. The topological polar surface area (TPSA) is 49.8 Å². The second kappa shape index (κ2) is 6.48. The predicted molar refractivity (Wildman–Crippen MR) is 84.9 cm³/mol. The summed E-state index contributed by atoms with van der Waals surface area (Å²) >= 11 is 0. The maximum absolute atomic E-state index is 13.5. The number of methoxy groups -OCH3 is 1. The van der Waals surface area contributed by atoms with Crippen LogP contribution in [0.15, 0.2) is 18.2 Å². The zero-order valence-corrected chi connectivity index (χ0v) is 13.6. The number of hydrogen-bond acceptors (Lipinski definition) is 3. The first-order valence-electron chi connectivity index (χ1n) is 8.30. The van der Waals surface area contributed by atoms with Crippen LogP contribution in [0.25, 0.3) is 0 Å². The molecule has 2 fully saturated rings. The molecule has 0 unspecified atom stereocenters. The number of carbonyl (C=O) groups is 1. The van der Waals surface area contributed by atoms with Gasteiger partial charge in [0.15, 0.2) is 0 Å². The lowest BCUT2D eigenvalue weighted by molar-refractivity contribution is 0.0194. The number of benzene rings is 1. The molecule has 23 heavy (non-hydrogen) atoms. The summed E-state index contributed by atoms with van der Waals surface area (Å²) in [7, 11) is 1.48. The highest BCUT2D eigenvalue weighted by molar-refractivity contribution is 5.97. The van der Waals surface area contributed by atoms with Crippen LogP contribution in [0.5, 0.6) is 5.75 Å². The number of carbonyl (C=O) groups excluding carboxylic acids is 1. The summed E-state index contributed by atoms with van der Waals surface area (Å²) < 4.78 is 18.7. The molecule has 5 heteroatoms. The zero-order chi connectivity index (χ0) is 16.4. The summed E-state index contributed by atoms with van der Waals surface area (Å²) in [6.07, 6.45) is 5.26. The third-order valence-electron chi connectivity index (χ3n) is 5.09. The Labute approximate surface area is 136 Å². The highest BCUT2D eigenvalue weighted by Gasteiger charge is 2.41. The minimum absolute atomic E-state index is 0.105. The first-order valence-corrected chi connectivity index (χ1v) is 8.30. The summed E-state index contributed by atoms with van der Waals surface area (Å²) in [6.45, 7) is 1.29. The Morgan fingerprint density at radius 3 is 2.91 bits per heavy atom. The first-order chi connectivity index (χ1) is 11.1. The van der Waals surface area contributed by atoms with Crippen LogP contribution in [0.3, 0.4) is 0 Å². The molecule has 126 valence electrons. The van der Waals surface area contributed by atoms with E-state index in [-0.39, 0.29) is 23.5 Å². The molecular weight excluding hydrogens is 297 g/mol. The summed E-state index contributed by atoms with van der Waals surface area (Å²) in [4.78, 5) is 14.6. The van der Waals surface area contributed by atoms with Gasteiger partial charge in [-0.15, -0.1) is 0 Å². The number of aliphatic hydroxyl groups excluding tert-OH is 1. The molecule has 0 radical (unpaired) electrons. The minimum Gasteiger partial charge on any atom is -0.496 e. The molecule has 3 rings (SSSR count). The Morgan fingerprint density at radius 1 is 1.48 bits per heavy atom. The fraction of sp³-hybridized carbons (Fsp3) is 0.611. The molecule has 1 aromatic carbocycles. The zero-order valence-electron chi connectivity index (χ0n) is 13.6. The Morgan fingerprint density at radius 2 is 2.26 bits per heavy atom. The molecule has 2 aliphatic rings. The number of amides is 1. The van der Waals surface area contributed by atoms with Crippen molar-refractivity contribution in [1.29, 1.82) is 0 Å². The molecule has 4 nitrogen and oxygen atoms in total. The third-order valence-corrected chi connectivity index (χ3v) is 5.09. The van der Waals surface area contributed by atoms with Gasteiger partial charge in [-0.1, -0.05) is 12.8 Å². The summed E-state index contributed by atoms with van der Waals surface area (Å²) in [5.41, 5.74) is 0.0583. The van der Waals surface area contributed by atoms with Crippen LogP contribution in [-0.2, 0) is 0 Å². The lowest BCUT2D eigenvalue weighted by Crippen LogP contribution is -2.48. The number of aliphatic hydroxyl groups is 1. The van der Waals surface area contributed by atoms with E-state index in [4.69, 9.17) is 4.74 Å². The second-order valence-electron chi connectivity index (χ2n) is 6.98. The number of piperidine rings is 1. The van der Waals surface area contributed by atoms with Crippen LogP contribution in [0, 0.1) is 17.2 Å². The van der Waals surface area contributed by atoms with Crippen molar-refractivity contribution in [3.8, 4) is 5.75 Å². The second-order valence-corrected chi connectivity index (χ2v) is 6.98. The van der Waals surface area contributed by atoms with Crippen LogP contribution in [-0.4, -0.2) is 42.7 Å². The van der Waals surface area contributed by atoms with Crippen molar-refractivity contribution >= 4 is 5.91 Å². The largest absolute Gasteiger partial charge is 0.496 e. The van der Waals surface area contributed by atoms with Gasteiger partial charge in [-0.25, -0.2) is 4.39 Å². The van der Waals surface area contributed by atoms with E-state index >= 15 is 0 Å². The molecule has 0 aromatic heterocycles. The van der Waals surface area contributed by atoms with Crippen molar-refractivity contribution in [3.63, 3.8) is 0 Å². The number of ether oxygens (including phenoxy) is 1. The lowest BCUT2D eigenvalue weighted by Gasteiger charge is -2.42. The number of likely N-dealkylation sites (tertiary alicyclic amines) is 1. The van der Waals surface area contributed by atoms with E-state index < -0.39 is 5.82 Å². The first kappa shape index (κ1) is 16.2. The van der Waals surface area contributed by atoms with Gasteiger partial charge in [0.25, 0.3) is 5.91 Å². The Hall–Kier alpha value is -1.62. The van der Waals surface area contributed by atoms with Crippen molar-refractivity contribution in [3.05, 3.63) is 29.6 Å². The van der Waals surface area contributed by atoms with Crippen molar-refractivity contribution in [1.82, 2.24) is 4.90 Å². The number of nitrogens with zero attached hydrogens (tertiary/aromatic N) is 1. The summed E-state index contributed by atoms with van der Waals surface area (Å²) in [6, 6.07) is 4.00. The van der Waals surface area contributed by atoms with Gasteiger partial charge in [-0.2, -0.15) is 0 Å². The molecule has 1 heterocycles. The van der Waals surface area contributed by atoms with Crippen LogP contribution in [0.2, 0.25) is 0 Å². The standard InChI is InChI=1S/C18H24FNO3/c1-23-16-6-5-14(19)9-15(16)17(22)20-8-2-7-18(11-20,12-21)10-13-3-4-13/h5-6,9,13,21H,2-4,7-8,10-12H2,1H3/t18-/m0/s1. The number of halogens is 1. The highest BCUT2D eigenvalue weighted by Crippen LogP contribution is 2.44. The average molecular weight is 321 g/mol. The number of hydrogen-bond donors (Lipinski definition) is 1. The maximum Gasteiger partial charge on any atom is 0.257 e. The van der Waals surface area contributed by atoms with Gasteiger partial charge in [0.2, 0.25) is 0 Å². The molecule has 1 aliphatic heterocycles.